The fourth-order valence-corrected chi connectivity index (χ4v) is 4.45. The van der Waals surface area contributed by atoms with Crippen LogP contribution in [0.5, 0.6) is 0 Å². The van der Waals surface area contributed by atoms with Gasteiger partial charge < -0.3 is 14.9 Å². The van der Waals surface area contributed by atoms with Gasteiger partial charge in [-0.25, -0.2) is 9.59 Å². The van der Waals surface area contributed by atoms with E-state index >= 15 is 0 Å². The summed E-state index contributed by atoms with van der Waals surface area (Å²) in [5, 5.41) is 18.3. The minimum Gasteiger partial charge on any atom is -0.478 e. The van der Waals surface area contributed by atoms with Gasteiger partial charge >= 0.3 is 17.9 Å². The lowest BCUT2D eigenvalue weighted by molar-refractivity contribution is -0.163. The molecule has 0 saturated heterocycles. The molecule has 1 heterocycles. The number of carbonyl (C=O) groups is 3. The van der Waals surface area contributed by atoms with Crippen LogP contribution in [0.15, 0.2) is 6.07 Å². The van der Waals surface area contributed by atoms with Crippen LogP contribution in [0.4, 0.5) is 0 Å². The van der Waals surface area contributed by atoms with Crippen LogP contribution in [-0.2, 0) is 14.3 Å². The fraction of sp³-hybridized carbons (Fsp3) is 0.417. The van der Waals surface area contributed by atoms with Crippen molar-refractivity contribution in [2.75, 3.05) is 0 Å². The first-order valence-electron chi connectivity index (χ1n) is 5.81. The van der Waals surface area contributed by atoms with Crippen LogP contribution in [0, 0.1) is 0 Å². The largest absolute Gasteiger partial charge is 0.478 e. The van der Waals surface area contributed by atoms with E-state index in [-0.39, 0.29) is 10.4 Å². The van der Waals surface area contributed by atoms with Crippen LogP contribution in [0.25, 0.3) is 0 Å². The maximum absolute atomic E-state index is 11.3. The maximum Gasteiger partial charge on any atom is 0.349 e. The van der Waals surface area contributed by atoms with E-state index in [1.54, 1.807) is 6.07 Å². The van der Waals surface area contributed by atoms with Gasteiger partial charge in [-0.15, -0.1) is 11.3 Å². The van der Waals surface area contributed by atoms with Gasteiger partial charge in [0.2, 0.25) is 6.10 Å². The Morgan fingerprint density at radius 3 is 2.15 bits per heavy atom. The summed E-state index contributed by atoms with van der Waals surface area (Å²) in [6.07, 6.45) is -1.58. The summed E-state index contributed by atoms with van der Waals surface area (Å²) in [5.74, 6) is -3.37. The minimum atomic E-state index is -1.79. The molecule has 1 rings (SSSR count). The van der Waals surface area contributed by atoms with E-state index in [9.17, 15) is 19.5 Å². The zero-order chi connectivity index (χ0) is 15.7. The van der Waals surface area contributed by atoms with E-state index in [0.29, 0.717) is 0 Å². The molecule has 1 aromatic heterocycles. The Balaban J connectivity index is 3.39. The van der Waals surface area contributed by atoms with Gasteiger partial charge in [0.05, 0.1) is 8.07 Å². The second kappa shape index (κ2) is 5.76. The number of rotatable bonds is 5. The molecule has 2 N–H and O–H groups in total. The topological polar surface area (TPSA) is 101 Å². The van der Waals surface area contributed by atoms with Gasteiger partial charge in [0, 0.05) is 12.5 Å². The molecule has 0 saturated carbocycles. The molecule has 0 fully saturated rings. The van der Waals surface area contributed by atoms with Gasteiger partial charge in [-0.05, 0) is 10.6 Å². The zero-order valence-electron chi connectivity index (χ0n) is 11.6. The van der Waals surface area contributed by atoms with Gasteiger partial charge in [-0.3, -0.25) is 4.79 Å². The monoisotopic (exact) mass is 316 g/mol. The summed E-state index contributed by atoms with van der Waals surface area (Å²) >= 11 is 1.05. The quantitative estimate of drug-likeness (QED) is 0.633. The molecule has 0 aliphatic carbocycles. The number of esters is 1. The van der Waals surface area contributed by atoms with Crippen LogP contribution in [0.1, 0.15) is 28.3 Å². The lowest BCUT2D eigenvalue weighted by Crippen LogP contribution is -2.35. The SMILES string of the molecule is CC(=O)OC(C(=O)O)c1cc([Si](C)(C)C)sc1C(=O)O. The molecule has 1 aromatic rings. The molecule has 110 valence electrons. The van der Waals surface area contributed by atoms with Crippen molar-refractivity contribution in [3.63, 3.8) is 0 Å². The van der Waals surface area contributed by atoms with E-state index in [2.05, 4.69) is 0 Å². The summed E-state index contributed by atoms with van der Waals surface area (Å²) in [7, 11) is -1.79. The molecule has 6 nitrogen and oxygen atoms in total. The van der Waals surface area contributed by atoms with Crippen LogP contribution < -0.4 is 4.50 Å². The fourth-order valence-electron chi connectivity index (χ4n) is 1.55. The molecule has 1 unspecified atom stereocenters. The standard InChI is InChI=1S/C12H16O6SSi/c1-6(13)18-9(11(14)15)7-5-8(20(2,3)4)19-10(7)12(16)17/h5,9H,1-4H3,(H,14,15)(H,16,17). The Kier molecular flexibility index (Phi) is 4.71. The molecule has 0 aliphatic rings. The highest BCUT2D eigenvalue weighted by molar-refractivity contribution is 7.27. The Morgan fingerprint density at radius 1 is 1.25 bits per heavy atom. The molecule has 0 spiro atoms. The second-order valence-corrected chi connectivity index (χ2v) is 11.7. The minimum absolute atomic E-state index is 0.0302. The molecular formula is C12H16O6SSi. The van der Waals surface area contributed by atoms with E-state index in [0.717, 1.165) is 22.8 Å². The number of carboxylic acids is 2. The molecule has 0 bridgehead atoms. The van der Waals surface area contributed by atoms with E-state index in [1.165, 1.54) is 0 Å². The van der Waals surface area contributed by atoms with E-state index in [1.807, 2.05) is 19.6 Å². The number of ether oxygens (including phenoxy) is 1. The summed E-state index contributed by atoms with van der Waals surface area (Å²) in [5.41, 5.74) is 0.0302. The number of aliphatic carboxylic acids is 1. The molecule has 8 heteroatoms. The number of aromatic carboxylic acids is 1. The van der Waals surface area contributed by atoms with Gasteiger partial charge in [0.25, 0.3) is 0 Å². The predicted octanol–water partition coefficient (Wildman–Crippen LogP) is 1.68. The second-order valence-electron chi connectivity index (χ2n) is 5.28. The number of thiophene rings is 1. The molecule has 0 aliphatic heterocycles. The number of hydrogen-bond donors (Lipinski definition) is 2. The summed E-state index contributed by atoms with van der Waals surface area (Å²) < 4.78 is 5.59. The Labute approximate surface area is 121 Å². The average molecular weight is 316 g/mol. The first-order valence-corrected chi connectivity index (χ1v) is 10.1. The number of carbonyl (C=O) groups excluding carboxylic acids is 1. The van der Waals surface area contributed by atoms with Crippen molar-refractivity contribution in [2.45, 2.75) is 32.7 Å². The predicted molar refractivity (Wildman–Crippen MR) is 76.4 cm³/mol. The number of hydrogen-bond acceptors (Lipinski definition) is 5. The number of carboxylic acid groups (broad SMARTS) is 2. The van der Waals surface area contributed by atoms with E-state index in [4.69, 9.17) is 9.84 Å². The van der Waals surface area contributed by atoms with Gasteiger partial charge in [0.15, 0.2) is 0 Å². The van der Waals surface area contributed by atoms with Crippen LogP contribution in [0.2, 0.25) is 19.6 Å². The van der Waals surface area contributed by atoms with Crippen molar-refractivity contribution in [1.82, 2.24) is 0 Å². The normalized spacial score (nSPS) is 12.8. The smallest absolute Gasteiger partial charge is 0.349 e. The van der Waals surface area contributed by atoms with Gasteiger partial charge in [0.1, 0.15) is 4.88 Å². The highest BCUT2D eigenvalue weighted by Gasteiger charge is 2.32. The third-order valence-corrected chi connectivity index (χ3v) is 7.20. The van der Waals surface area contributed by atoms with Crippen LogP contribution >= 0.6 is 11.3 Å². The summed E-state index contributed by atoms with van der Waals surface area (Å²) in [6, 6.07) is 1.54. The third-order valence-electron chi connectivity index (χ3n) is 2.48. The molecule has 0 amide bonds. The Bertz CT molecular complexity index is 557. The Morgan fingerprint density at radius 2 is 1.80 bits per heavy atom. The third kappa shape index (κ3) is 3.67. The molecule has 0 aromatic carbocycles. The average Bonchev–Trinajstić information content (AvgIpc) is 2.69. The lowest BCUT2D eigenvalue weighted by atomic mass is 10.1. The highest BCUT2D eigenvalue weighted by Crippen LogP contribution is 2.27. The summed E-state index contributed by atoms with van der Waals surface area (Å²) in [6.45, 7) is 7.16. The Hall–Kier alpha value is -1.67. The van der Waals surface area contributed by atoms with Crippen molar-refractivity contribution < 1.29 is 29.3 Å². The maximum atomic E-state index is 11.3. The van der Waals surface area contributed by atoms with Crippen LogP contribution in [-0.4, -0.2) is 36.2 Å². The van der Waals surface area contributed by atoms with Crippen molar-refractivity contribution in [3.05, 3.63) is 16.5 Å². The molecule has 1 atom stereocenters. The first kappa shape index (κ1) is 16.4. The van der Waals surface area contributed by atoms with Crippen molar-refractivity contribution in [1.29, 1.82) is 0 Å². The lowest BCUT2D eigenvalue weighted by Gasteiger charge is -2.13. The molecular weight excluding hydrogens is 300 g/mol. The molecule has 20 heavy (non-hydrogen) atoms. The van der Waals surface area contributed by atoms with Crippen molar-refractivity contribution in [2.24, 2.45) is 0 Å². The van der Waals surface area contributed by atoms with Gasteiger partial charge in [-0.1, -0.05) is 19.6 Å². The van der Waals surface area contributed by atoms with Crippen molar-refractivity contribution in [3.8, 4) is 0 Å². The van der Waals surface area contributed by atoms with E-state index < -0.39 is 32.1 Å². The molecule has 0 radical (unpaired) electrons. The highest BCUT2D eigenvalue weighted by atomic mass is 32.1. The first-order chi connectivity index (χ1) is 9.04. The van der Waals surface area contributed by atoms with Gasteiger partial charge in [-0.2, -0.15) is 0 Å². The van der Waals surface area contributed by atoms with Crippen molar-refractivity contribution >= 4 is 41.8 Å². The summed E-state index contributed by atoms with van der Waals surface area (Å²) in [4.78, 5) is 33.4. The zero-order valence-corrected chi connectivity index (χ0v) is 13.4. The van der Waals surface area contributed by atoms with Crippen LogP contribution in [0.3, 0.4) is 0 Å².